The Bertz CT molecular complexity index is 2130. The second kappa shape index (κ2) is 36.9. The SMILES string of the molecule is CCN(CC)c1ccc(Cc2ccc(N(CC)CC)cc2)cc1.CCOCC(COCC)(COCC)COCC.CCOc1ccc(C(c2ccc(OCC)cc2)C(c2ccc(OCC)cc2)c2ccc(OCC)cc2)cc1. The van der Waals surface area contributed by atoms with Crippen molar-refractivity contribution in [3.63, 3.8) is 0 Å². The largest absolute Gasteiger partial charge is 0.494 e. The molecule has 0 amide bonds. The standard InChI is InChI=1S/C34H38O4.C21H30N2.C13H28O4/c1-5-35-29-17-9-25(10-18-29)33(26-11-19-30(20-12-26)36-6-2)34(27-13-21-31(22-14-27)37-7-3)28-15-23-32(24-16-28)38-8-4;1-5-22(6-2)20-13-9-18(10-14-20)17-19-11-15-21(16-12-19)23(7-3)8-4;1-5-14-9-13(10-15-6-2,11-16-7-3)12-17-8-4/h9-24,33-34H,5-8H2,1-4H3;9-16H,5-8,17H2,1-4H3;5-12H2,1-4H3. The lowest BCUT2D eigenvalue weighted by atomic mass is 9.73. The van der Waals surface area contributed by atoms with Crippen molar-refractivity contribution in [1.29, 1.82) is 0 Å². The predicted octanol–water partition coefficient (Wildman–Crippen LogP) is 15.3. The summed E-state index contributed by atoms with van der Waals surface area (Å²) in [5.74, 6) is 3.61. The van der Waals surface area contributed by atoms with Gasteiger partial charge in [0.1, 0.15) is 23.0 Å². The first-order valence-electron chi connectivity index (χ1n) is 29.0. The molecule has 10 nitrogen and oxygen atoms in total. The highest BCUT2D eigenvalue weighted by Crippen LogP contribution is 2.44. The second-order valence-corrected chi connectivity index (χ2v) is 18.9. The van der Waals surface area contributed by atoms with Crippen molar-refractivity contribution in [3.8, 4) is 23.0 Å². The van der Waals surface area contributed by atoms with Crippen LogP contribution in [0.15, 0.2) is 146 Å². The van der Waals surface area contributed by atoms with Gasteiger partial charge in [0.25, 0.3) is 0 Å². The molecule has 0 aliphatic carbocycles. The first-order chi connectivity index (χ1) is 38.1. The zero-order chi connectivity index (χ0) is 56.4. The lowest BCUT2D eigenvalue weighted by Crippen LogP contribution is -2.41. The predicted molar refractivity (Wildman–Crippen MR) is 325 cm³/mol. The van der Waals surface area contributed by atoms with Crippen LogP contribution in [0, 0.1) is 5.41 Å². The van der Waals surface area contributed by atoms with Crippen molar-refractivity contribution in [2.45, 2.75) is 101 Å². The van der Waals surface area contributed by atoms with Gasteiger partial charge in [0.05, 0.1) is 58.3 Å². The number of rotatable bonds is 33. The van der Waals surface area contributed by atoms with E-state index in [9.17, 15) is 0 Å². The maximum absolute atomic E-state index is 5.75. The van der Waals surface area contributed by atoms with Crippen LogP contribution in [0.4, 0.5) is 11.4 Å². The Balaban J connectivity index is 0.000000279. The Kier molecular flexibility index (Phi) is 30.5. The van der Waals surface area contributed by atoms with E-state index in [1.54, 1.807) is 0 Å². The minimum atomic E-state index is -0.183. The molecule has 6 aromatic rings. The maximum Gasteiger partial charge on any atom is 0.119 e. The van der Waals surface area contributed by atoms with Crippen LogP contribution >= 0.6 is 0 Å². The van der Waals surface area contributed by atoms with Crippen molar-refractivity contribution in [2.75, 3.05) is 115 Å². The number of hydrogen-bond acceptors (Lipinski definition) is 10. The summed E-state index contributed by atoms with van der Waals surface area (Å²) in [7, 11) is 0. The summed E-state index contributed by atoms with van der Waals surface area (Å²) < 4.78 is 45.2. The van der Waals surface area contributed by atoms with E-state index < -0.39 is 0 Å². The van der Waals surface area contributed by atoms with Crippen molar-refractivity contribution in [2.24, 2.45) is 5.41 Å². The molecular weight excluding hydrogens is 973 g/mol. The molecule has 0 spiro atoms. The van der Waals surface area contributed by atoms with E-state index in [0.29, 0.717) is 79.3 Å². The molecule has 0 aromatic heterocycles. The van der Waals surface area contributed by atoms with Gasteiger partial charge in [-0.3, -0.25) is 0 Å². The van der Waals surface area contributed by atoms with Gasteiger partial charge < -0.3 is 47.7 Å². The molecule has 0 radical (unpaired) electrons. The lowest BCUT2D eigenvalue weighted by molar-refractivity contribution is -0.101. The van der Waals surface area contributed by atoms with Crippen LogP contribution in [0.2, 0.25) is 0 Å². The molecule has 0 N–H and O–H groups in total. The molecule has 0 saturated heterocycles. The van der Waals surface area contributed by atoms with Gasteiger partial charge in [-0.25, -0.2) is 0 Å². The summed E-state index contributed by atoms with van der Waals surface area (Å²) in [6.45, 7) is 36.9. The zero-order valence-electron chi connectivity index (χ0n) is 49.7. The van der Waals surface area contributed by atoms with E-state index >= 15 is 0 Å². The Morgan fingerprint density at radius 3 is 0.718 bits per heavy atom. The van der Waals surface area contributed by atoms with E-state index in [4.69, 9.17) is 37.9 Å². The van der Waals surface area contributed by atoms with Crippen LogP contribution in [0.3, 0.4) is 0 Å². The third kappa shape index (κ3) is 21.0. The molecule has 0 saturated carbocycles. The summed E-state index contributed by atoms with van der Waals surface area (Å²) in [4.78, 5) is 4.76. The Hall–Kier alpha value is -6.04. The third-order valence-electron chi connectivity index (χ3n) is 13.5. The highest BCUT2D eigenvalue weighted by atomic mass is 16.5. The van der Waals surface area contributed by atoms with Gasteiger partial charge in [-0.05, 0) is 196 Å². The molecule has 0 heterocycles. The molecule has 0 atom stereocenters. The van der Waals surface area contributed by atoms with Gasteiger partial charge in [-0.15, -0.1) is 0 Å². The van der Waals surface area contributed by atoms with Crippen LogP contribution < -0.4 is 28.7 Å². The number of hydrogen-bond donors (Lipinski definition) is 0. The fourth-order valence-electron chi connectivity index (χ4n) is 9.49. The molecule has 10 heteroatoms. The van der Waals surface area contributed by atoms with Gasteiger partial charge >= 0.3 is 0 Å². The molecular formula is C68H96N2O8. The summed E-state index contributed by atoms with van der Waals surface area (Å²) >= 11 is 0. The van der Waals surface area contributed by atoms with Gasteiger partial charge in [0.2, 0.25) is 0 Å². The molecule has 0 unspecified atom stereocenters. The number of ether oxygens (including phenoxy) is 8. The number of nitrogens with zero attached hydrogens (tertiary/aromatic N) is 2. The van der Waals surface area contributed by atoms with Gasteiger partial charge in [0, 0.05) is 75.8 Å². The average molecular weight is 1070 g/mol. The summed E-state index contributed by atoms with van der Waals surface area (Å²) in [6, 6.07) is 52.0. The highest BCUT2D eigenvalue weighted by Gasteiger charge is 2.32. The molecule has 426 valence electrons. The minimum absolute atomic E-state index is 0.0530. The van der Waals surface area contributed by atoms with Gasteiger partial charge in [0.15, 0.2) is 0 Å². The van der Waals surface area contributed by atoms with E-state index in [-0.39, 0.29) is 17.3 Å². The van der Waals surface area contributed by atoms with Crippen molar-refractivity contribution >= 4 is 11.4 Å². The molecule has 0 bridgehead atoms. The molecule has 0 aliphatic heterocycles. The fraction of sp³-hybridized carbons (Fsp3) is 0.471. The van der Waals surface area contributed by atoms with E-state index in [1.807, 2.05) is 55.4 Å². The quantitative estimate of drug-likeness (QED) is 0.0397. The topological polar surface area (TPSA) is 80.3 Å². The zero-order valence-corrected chi connectivity index (χ0v) is 49.7. The van der Waals surface area contributed by atoms with E-state index in [0.717, 1.165) is 55.6 Å². The highest BCUT2D eigenvalue weighted by molar-refractivity contribution is 5.51. The maximum atomic E-state index is 5.75. The van der Waals surface area contributed by atoms with Gasteiger partial charge in [-0.2, -0.15) is 0 Å². The van der Waals surface area contributed by atoms with E-state index in [2.05, 4.69) is 183 Å². The van der Waals surface area contributed by atoms with Crippen LogP contribution in [0.5, 0.6) is 23.0 Å². The van der Waals surface area contributed by atoms with Crippen molar-refractivity contribution < 1.29 is 37.9 Å². The van der Waals surface area contributed by atoms with Crippen LogP contribution in [0.25, 0.3) is 0 Å². The lowest BCUT2D eigenvalue weighted by Gasteiger charge is -2.32. The first-order valence-corrected chi connectivity index (χ1v) is 29.0. The molecule has 78 heavy (non-hydrogen) atoms. The Morgan fingerprint density at radius 1 is 0.295 bits per heavy atom. The Morgan fingerprint density at radius 2 is 0.526 bits per heavy atom. The molecule has 0 fully saturated rings. The molecule has 6 aromatic carbocycles. The average Bonchev–Trinajstić information content (AvgIpc) is 3.56. The normalized spacial score (nSPS) is 11.1. The molecule has 0 aliphatic rings. The van der Waals surface area contributed by atoms with Gasteiger partial charge in [-0.1, -0.05) is 72.8 Å². The summed E-state index contributed by atoms with van der Waals surface area (Å²) in [5, 5.41) is 0. The minimum Gasteiger partial charge on any atom is -0.494 e. The van der Waals surface area contributed by atoms with Crippen LogP contribution in [-0.2, 0) is 25.4 Å². The molecule has 6 rings (SSSR count). The van der Waals surface area contributed by atoms with E-state index in [1.165, 1.54) is 44.8 Å². The third-order valence-corrected chi connectivity index (χ3v) is 13.5. The second-order valence-electron chi connectivity index (χ2n) is 18.9. The first kappa shape index (κ1) is 64.5. The Labute approximate surface area is 471 Å². The summed E-state index contributed by atoms with van der Waals surface area (Å²) in [6.07, 6.45) is 0.997. The smallest absolute Gasteiger partial charge is 0.119 e. The number of anilines is 2. The van der Waals surface area contributed by atoms with Crippen LogP contribution in [0.1, 0.15) is 128 Å². The summed E-state index contributed by atoms with van der Waals surface area (Å²) in [5.41, 5.74) is 10.0. The van der Waals surface area contributed by atoms with Crippen molar-refractivity contribution in [1.82, 2.24) is 0 Å². The van der Waals surface area contributed by atoms with Crippen molar-refractivity contribution in [3.05, 3.63) is 179 Å². The van der Waals surface area contributed by atoms with Crippen LogP contribution in [-0.4, -0.2) is 105 Å². The number of benzene rings is 6. The monoisotopic (exact) mass is 1070 g/mol. The fourth-order valence-corrected chi connectivity index (χ4v) is 9.49.